The van der Waals surface area contributed by atoms with Gasteiger partial charge < -0.3 is 9.47 Å². The van der Waals surface area contributed by atoms with Gasteiger partial charge in [0.05, 0.1) is 5.60 Å². The normalized spacial score (nSPS) is 18.9. The van der Waals surface area contributed by atoms with Gasteiger partial charge in [0.25, 0.3) is 0 Å². The van der Waals surface area contributed by atoms with Crippen molar-refractivity contribution in [3.63, 3.8) is 0 Å². The summed E-state index contributed by atoms with van der Waals surface area (Å²) >= 11 is 3.46. The Balaban J connectivity index is 0.00000128. The van der Waals surface area contributed by atoms with E-state index in [0.29, 0.717) is 0 Å². The molecule has 0 N–H and O–H groups in total. The Morgan fingerprint density at radius 3 is 2.62 bits per heavy atom. The van der Waals surface area contributed by atoms with Crippen LogP contribution >= 0.6 is 15.9 Å². The molecule has 1 heterocycles. The quantitative estimate of drug-likeness (QED) is 0.541. The third kappa shape index (κ3) is 2.23. The van der Waals surface area contributed by atoms with Crippen LogP contribution in [-0.2, 0) is 15.1 Å². The molecule has 0 aliphatic carbocycles. The van der Waals surface area contributed by atoms with Crippen LogP contribution in [0.2, 0.25) is 0 Å². The molecule has 1 aromatic rings. The van der Waals surface area contributed by atoms with E-state index in [0.717, 1.165) is 30.5 Å². The SMILES string of the molecule is COC1(c2c[c-]cc(Br)c2)CCOCC1.[Rf]. The van der Waals surface area contributed by atoms with E-state index in [-0.39, 0.29) is 5.60 Å². The van der Waals surface area contributed by atoms with Gasteiger partial charge in [-0.3, -0.25) is 0 Å². The van der Waals surface area contributed by atoms with Crippen LogP contribution in [0.5, 0.6) is 0 Å². The zero-order valence-corrected chi connectivity index (χ0v) is 17.4. The molecule has 4 heteroatoms. The summed E-state index contributed by atoms with van der Waals surface area (Å²) in [6.45, 7) is 1.53. The molecule has 0 bridgehead atoms. The molecule has 16 heavy (non-hydrogen) atoms. The maximum atomic E-state index is 5.70. The number of hydrogen-bond acceptors (Lipinski definition) is 2. The van der Waals surface area contributed by atoms with Gasteiger partial charge in [-0.15, -0.1) is 21.5 Å². The summed E-state index contributed by atoms with van der Waals surface area (Å²) in [5.74, 6) is 0. The fourth-order valence-corrected chi connectivity index (χ4v) is 2.40. The number of methoxy groups -OCH3 is 1. The summed E-state index contributed by atoms with van der Waals surface area (Å²) in [5, 5.41) is 0. The van der Waals surface area contributed by atoms with Crippen molar-refractivity contribution in [1.82, 2.24) is 0 Å². The molecule has 0 unspecified atom stereocenters. The summed E-state index contributed by atoms with van der Waals surface area (Å²) in [5.41, 5.74) is 1.00. The van der Waals surface area contributed by atoms with E-state index in [2.05, 4.69) is 28.1 Å². The first-order valence-corrected chi connectivity index (χ1v) is 5.86. The largest absolute Gasteiger partial charge is 0.386 e. The Hall–Kier alpha value is -1.38. The molecule has 0 aromatic heterocycles. The third-order valence-electron chi connectivity index (χ3n) is 2.97. The van der Waals surface area contributed by atoms with Crippen molar-refractivity contribution in [2.24, 2.45) is 0 Å². The Labute approximate surface area is 98.7 Å². The summed E-state index contributed by atoms with van der Waals surface area (Å²) in [6, 6.07) is 9.13. The fourth-order valence-electron chi connectivity index (χ4n) is 2.02. The zero-order valence-electron chi connectivity index (χ0n) is 9.46. The van der Waals surface area contributed by atoms with E-state index in [1.807, 2.05) is 12.1 Å². The molecular weight excluding hydrogens is 523 g/mol. The molecule has 2 nitrogen and oxygen atoms in total. The van der Waals surface area contributed by atoms with Gasteiger partial charge in [-0.05, 0) is 12.8 Å². The van der Waals surface area contributed by atoms with E-state index < -0.39 is 0 Å². The summed E-state index contributed by atoms with van der Waals surface area (Å²) < 4.78 is 12.1. The van der Waals surface area contributed by atoms with Crippen LogP contribution in [0, 0.1) is 6.07 Å². The van der Waals surface area contributed by atoms with Gasteiger partial charge in [-0.2, -0.15) is 24.3 Å². The van der Waals surface area contributed by atoms with Crippen molar-refractivity contribution in [2.75, 3.05) is 20.3 Å². The van der Waals surface area contributed by atoms with Crippen LogP contribution in [-0.4, -0.2) is 20.3 Å². The van der Waals surface area contributed by atoms with Crippen molar-refractivity contribution in [3.8, 4) is 0 Å². The second kappa shape index (κ2) is 5.10. The first-order chi connectivity index (χ1) is 7.27. The van der Waals surface area contributed by atoms with Crippen LogP contribution in [0.15, 0.2) is 22.7 Å². The van der Waals surface area contributed by atoms with Crippen LogP contribution < -0.4 is 0 Å². The minimum Gasteiger partial charge on any atom is -0.386 e. The Morgan fingerprint density at radius 1 is 1.38 bits per heavy atom. The van der Waals surface area contributed by atoms with Crippen molar-refractivity contribution in [2.45, 2.75) is 18.4 Å². The summed E-state index contributed by atoms with van der Waals surface area (Å²) in [4.78, 5) is 0. The van der Waals surface area contributed by atoms with Crippen molar-refractivity contribution in [1.29, 1.82) is 0 Å². The second-order valence-corrected chi connectivity index (χ2v) is 4.67. The molecular formula is C12H14BrO2Rf-. The van der Waals surface area contributed by atoms with Gasteiger partial charge in [0.15, 0.2) is 0 Å². The van der Waals surface area contributed by atoms with E-state index >= 15 is 0 Å². The molecule has 0 amide bonds. The van der Waals surface area contributed by atoms with Crippen LogP contribution in [0.4, 0.5) is 0 Å². The van der Waals surface area contributed by atoms with Gasteiger partial charge in [0, 0.05) is 20.3 Å². The summed E-state index contributed by atoms with van der Waals surface area (Å²) in [7, 11) is 1.77. The first kappa shape index (κ1) is 12.7. The standard InChI is InChI=1S/C12H14BrO2.Rf/c1-14-12(5-7-15-8-6-12)10-3-2-4-11(13)9-10;/h3-4,9H,5-8H2,1H3;/q-1;. The molecule has 0 spiro atoms. The molecule has 1 aromatic carbocycles. The Kier molecular flexibility index (Phi) is 4.05. The van der Waals surface area contributed by atoms with E-state index in [4.69, 9.17) is 9.47 Å². The number of halogens is 1. The van der Waals surface area contributed by atoms with Gasteiger partial charge >= 0.3 is 0 Å². The molecule has 0 saturated carbocycles. The third-order valence-corrected chi connectivity index (χ3v) is 3.43. The second-order valence-electron chi connectivity index (χ2n) is 3.75. The number of ether oxygens (including phenoxy) is 2. The van der Waals surface area contributed by atoms with E-state index in [9.17, 15) is 0 Å². The number of rotatable bonds is 2. The average molecular weight is 537 g/mol. The number of benzene rings is 1. The minimum absolute atomic E-state index is 0. The monoisotopic (exact) mass is 536 g/mol. The number of hydrogen-bond donors (Lipinski definition) is 0. The smallest absolute Gasteiger partial charge is 0.0537 e. The zero-order chi connectivity index (χ0) is 10.7. The van der Waals surface area contributed by atoms with Gasteiger partial charge in [-0.25, -0.2) is 0 Å². The maximum absolute atomic E-state index is 5.70. The molecule has 1 fully saturated rings. The van der Waals surface area contributed by atoms with Crippen molar-refractivity contribution in [3.05, 3.63) is 34.3 Å². The molecule has 0 radical (unpaired) electrons. The van der Waals surface area contributed by atoms with Gasteiger partial charge in [0.2, 0.25) is 0 Å². The van der Waals surface area contributed by atoms with Crippen LogP contribution in [0.1, 0.15) is 18.4 Å². The predicted octanol–water partition coefficient (Wildman–Crippen LogP) is 2.90. The van der Waals surface area contributed by atoms with E-state index in [1.54, 1.807) is 7.11 Å². The Bertz CT molecular complexity index is 338. The topological polar surface area (TPSA) is 18.5 Å². The average Bonchev–Trinajstić information content (AvgIpc) is 2.30. The van der Waals surface area contributed by atoms with Crippen molar-refractivity contribution >= 4 is 15.9 Å². The molecule has 2 rings (SSSR count). The molecule has 1 saturated heterocycles. The molecule has 84 valence electrons. The molecule has 0 atom stereocenters. The molecule has 1 aliphatic heterocycles. The Morgan fingerprint density at radius 2 is 2.06 bits per heavy atom. The summed E-state index contributed by atoms with van der Waals surface area (Å²) in [6.07, 6.45) is 1.82. The van der Waals surface area contributed by atoms with Gasteiger partial charge in [-0.1, -0.05) is 4.47 Å². The fraction of sp³-hybridized carbons (Fsp3) is 0.500. The van der Waals surface area contributed by atoms with Crippen LogP contribution in [0.3, 0.4) is 0 Å². The van der Waals surface area contributed by atoms with Crippen LogP contribution in [0.25, 0.3) is 0 Å². The molecule has 1 aliphatic rings. The first-order valence-electron chi connectivity index (χ1n) is 5.07. The van der Waals surface area contributed by atoms with Gasteiger partial charge in [0.1, 0.15) is 0 Å². The predicted molar refractivity (Wildman–Crippen MR) is 61.7 cm³/mol. The maximum Gasteiger partial charge on any atom is 0.0537 e. The van der Waals surface area contributed by atoms with E-state index in [1.165, 1.54) is 5.56 Å². The van der Waals surface area contributed by atoms with Crippen molar-refractivity contribution < 1.29 is 9.47 Å². The minimum atomic E-state index is -0.182.